The Morgan fingerprint density at radius 1 is 1.38 bits per heavy atom. The van der Waals surface area contributed by atoms with Gasteiger partial charge in [-0.3, -0.25) is 9.69 Å². The van der Waals surface area contributed by atoms with Gasteiger partial charge >= 0.3 is 5.97 Å². The number of carbonyl (C=O) groups is 1. The second-order valence-electron chi connectivity index (χ2n) is 6.28. The van der Waals surface area contributed by atoms with Crippen LogP contribution in [0.2, 0.25) is 0 Å². The molecule has 1 fully saturated rings. The van der Waals surface area contributed by atoms with Crippen molar-refractivity contribution in [2.75, 3.05) is 27.2 Å². The Morgan fingerprint density at radius 3 is 2.57 bits per heavy atom. The normalized spacial score (nSPS) is 16.4. The first-order valence-corrected chi connectivity index (χ1v) is 7.07. The molecular formula is C16H23NO4. The molecule has 1 aromatic carbocycles. The standard InChI is InChI=1S/C16H23NO4/c1-16(2,8-15(18)19)11-5-6-13(14(7-11)20-4)21-12-9-17(3)10-12/h5-7,12H,8-10H2,1-4H3,(H,18,19). The van der Waals surface area contributed by atoms with Gasteiger partial charge in [-0.2, -0.15) is 0 Å². The number of ether oxygens (including phenoxy) is 2. The summed E-state index contributed by atoms with van der Waals surface area (Å²) in [5.74, 6) is 0.558. The molecule has 5 nitrogen and oxygen atoms in total. The summed E-state index contributed by atoms with van der Waals surface area (Å²) in [5.41, 5.74) is 0.480. The van der Waals surface area contributed by atoms with Crippen LogP contribution in [0.15, 0.2) is 18.2 Å². The number of methoxy groups -OCH3 is 1. The maximum absolute atomic E-state index is 11.0. The largest absolute Gasteiger partial charge is 0.493 e. The Kier molecular flexibility index (Phi) is 4.42. The van der Waals surface area contributed by atoms with E-state index in [0.29, 0.717) is 11.5 Å². The van der Waals surface area contributed by atoms with Gasteiger partial charge in [0, 0.05) is 18.5 Å². The lowest BCUT2D eigenvalue weighted by Gasteiger charge is -2.36. The van der Waals surface area contributed by atoms with Crippen LogP contribution in [0.5, 0.6) is 11.5 Å². The number of hydrogen-bond acceptors (Lipinski definition) is 4. The Bertz CT molecular complexity index is 521. The molecule has 1 aromatic rings. The van der Waals surface area contributed by atoms with E-state index in [1.54, 1.807) is 7.11 Å². The zero-order chi connectivity index (χ0) is 15.6. The van der Waals surface area contributed by atoms with E-state index < -0.39 is 11.4 Å². The number of benzene rings is 1. The fourth-order valence-corrected chi connectivity index (χ4v) is 2.56. The third kappa shape index (κ3) is 3.67. The molecule has 1 aliphatic heterocycles. The number of carboxylic acids is 1. The van der Waals surface area contributed by atoms with Crippen LogP contribution in [-0.4, -0.2) is 49.3 Å². The number of carboxylic acid groups (broad SMARTS) is 1. The molecule has 21 heavy (non-hydrogen) atoms. The van der Waals surface area contributed by atoms with Crippen LogP contribution in [-0.2, 0) is 10.2 Å². The highest BCUT2D eigenvalue weighted by molar-refractivity contribution is 5.69. The van der Waals surface area contributed by atoms with Gasteiger partial charge in [0.2, 0.25) is 0 Å². The minimum absolute atomic E-state index is 0.0732. The van der Waals surface area contributed by atoms with Crippen molar-refractivity contribution in [3.05, 3.63) is 23.8 Å². The van der Waals surface area contributed by atoms with Crippen molar-refractivity contribution in [2.45, 2.75) is 31.8 Å². The highest BCUT2D eigenvalue weighted by Crippen LogP contribution is 2.36. The summed E-state index contributed by atoms with van der Waals surface area (Å²) in [6.45, 7) is 5.65. The van der Waals surface area contributed by atoms with E-state index in [1.807, 2.05) is 32.0 Å². The summed E-state index contributed by atoms with van der Waals surface area (Å²) in [5, 5.41) is 9.01. The van der Waals surface area contributed by atoms with Crippen LogP contribution in [0.4, 0.5) is 0 Å². The van der Waals surface area contributed by atoms with Crippen molar-refractivity contribution in [1.82, 2.24) is 4.90 Å². The summed E-state index contributed by atoms with van der Waals surface area (Å²) in [6, 6.07) is 5.67. The molecule has 0 unspecified atom stereocenters. The molecular weight excluding hydrogens is 270 g/mol. The number of likely N-dealkylation sites (tertiary alicyclic amines) is 1. The summed E-state index contributed by atoms with van der Waals surface area (Å²) in [6.07, 6.45) is 0.269. The van der Waals surface area contributed by atoms with Crippen molar-refractivity contribution in [3.8, 4) is 11.5 Å². The van der Waals surface area contributed by atoms with Gasteiger partial charge in [-0.25, -0.2) is 0 Å². The third-order valence-electron chi connectivity index (χ3n) is 3.86. The van der Waals surface area contributed by atoms with Crippen molar-refractivity contribution in [3.63, 3.8) is 0 Å². The molecule has 1 saturated heterocycles. The van der Waals surface area contributed by atoms with Gasteiger partial charge in [0.1, 0.15) is 6.10 Å². The predicted molar refractivity (Wildman–Crippen MR) is 80.2 cm³/mol. The lowest BCUT2D eigenvalue weighted by atomic mass is 9.81. The number of hydrogen-bond donors (Lipinski definition) is 1. The molecule has 0 spiro atoms. The lowest BCUT2D eigenvalue weighted by molar-refractivity contribution is -0.138. The minimum atomic E-state index is -0.809. The van der Waals surface area contributed by atoms with Gasteiger partial charge in [0.15, 0.2) is 11.5 Å². The van der Waals surface area contributed by atoms with Crippen LogP contribution in [0.25, 0.3) is 0 Å². The highest BCUT2D eigenvalue weighted by atomic mass is 16.5. The first-order valence-electron chi connectivity index (χ1n) is 7.07. The molecule has 116 valence electrons. The van der Waals surface area contributed by atoms with Crippen molar-refractivity contribution in [2.24, 2.45) is 0 Å². The molecule has 0 radical (unpaired) electrons. The second-order valence-corrected chi connectivity index (χ2v) is 6.28. The van der Waals surface area contributed by atoms with E-state index in [2.05, 4.69) is 11.9 Å². The summed E-state index contributed by atoms with van der Waals surface area (Å²) < 4.78 is 11.3. The van der Waals surface area contributed by atoms with Crippen molar-refractivity contribution in [1.29, 1.82) is 0 Å². The number of rotatable bonds is 6. The van der Waals surface area contributed by atoms with E-state index in [1.165, 1.54) is 0 Å². The Hall–Kier alpha value is -1.75. The zero-order valence-electron chi connectivity index (χ0n) is 13.0. The Balaban J connectivity index is 2.17. The maximum atomic E-state index is 11.0. The van der Waals surface area contributed by atoms with Crippen LogP contribution in [0, 0.1) is 0 Å². The first kappa shape index (κ1) is 15.6. The van der Waals surface area contributed by atoms with E-state index in [9.17, 15) is 4.79 Å². The van der Waals surface area contributed by atoms with E-state index in [-0.39, 0.29) is 12.5 Å². The summed E-state index contributed by atoms with van der Waals surface area (Å²) in [7, 11) is 3.65. The Labute approximate surface area is 125 Å². The summed E-state index contributed by atoms with van der Waals surface area (Å²) >= 11 is 0. The monoisotopic (exact) mass is 293 g/mol. The highest BCUT2D eigenvalue weighted by Gasteiger charge is 2.28. The molecule has 0 saturated carbocycles. The van der Waals surface area contributed by atoms with Crippen molar-refractivity contribution < 1.29 is 19.4 Å². The topological polar surface area (TPSA) is 59.0 Å². The van der Waals surface area contributed by atoms with E-state index in [0.717, 1.165) is 18.7 Å². The third-order valence-corrected chi connectivity index (χ3v) is 3.86. The van der Waals surface area contributed by atoms with Gasteiger partial charge in [0.05, 0.1) is 13.5 Å². The van der Waals surface area contributed by atoms with E-state index >= 15 is 0 Å². The zero-order valence-corrected chi connectivity index (χ0v) is 13.0. The van der Waals surface area contributed by atoms with Gasteiger partial charge in [-0.1, -0.05) is 19.9 Å². The number of nitrogens with zero attached hydrogens (tertiary/aromatic N) is 1. The van der Waals surface area contributed by atoms with Gasteiger partial charge in [-0.15, -0.1) is 0 Å². The molecule has 0 aliphatic carbocycles. The fourth-order valence-electron chi connectivity index (χ4n) is 2.56. The van der Waals surface area contributed by atoms with Crippen LogP contribution >= 0.6 is 0 Å². The Morgan fingerprint density at radius 2 is 2.05 bits per heavy atom. The van der Waals surface area contributed by atoms with Gasteiger partial charge in [-0.05, 0) is 24.7 Å². The molecule has 5 heteroatoms. The molecule has 1 aliphatic rings. The SMILES string of the molecule is COc1cc(C(C)(C)CC(=O)O)ccc1OC1CN(C)C1. The van der Waals surface area contributed by atoms with Gasteiger partial charge < -0.3 is 14.6 Å². The predicted octanol–water partition coefficient (Wildman–Crippen LogP) is 2.14. The maximum Gasteiger partial charge on any atom is 0.304 e. The molecule has 0 bridgehead atoms. The average Bonchev–Trinajstić information content (AvgIpc) is 2.35. The number of likely N-dealkylation sites (N-methyl/N-ethyl adjacent to an activating group) is 1. The number of aliphatic carboxylic acids is 1. The van der Waals surface area contributed by atoms with Crippen molar-refractivity contribution >= 4 is 5.97 Å². The molecule has 0 amide bonds. The molecule has 1 N–H and O–H groups in total. The first-order chi connectivity index (χ1) is 9.81. The molecule has 1 heterocycles. The van der Waals surface area contributed by atoms with E-state index in [4.69, 9.17) is 14.6 Å². The quantitative estimate of drug-likeness (QED) is 0.871. The minimum Gasteiger partial charge on any atom is -0.493 e. The second kappa shape index (κ2) is 5.93. The molecule has 0 aromatic heterocycles. The van der Waals surface area contributed by atoms with Crippen LogP contribution in [0.1, 0.15) is 25.8 Å². The smallest absolute Gasteiger partial charge is 0.304 e. The lowest BCUT2D eigenvalue weighted by Crippen LogP contribution is -2.51. The fraction of sp³-hybridized carbons (Fsp3) is 0.562. The van der Waals surface area contributed by atoms with Crippen LogP contribution in [0.3, 0.4) is 0 Å². The summed E-state index contributed by atoms with van der Waals surface area (Å²) in [4.78, 5) is 13.2. The van der Waals surface area contributed by atoms with Gasteiger partial charge in [0.25, 0.3) is 0 Å². The average molecular weight is 293 g/mol. The molecule has 0 atom stereocenters. The molecule has 2 rings (SSSR count). The van der Waals surface area contributed by atoms with Crippen LogP contribution < -0.4 is 9.47 Å².